The molecule has 0 saturated carbocycles. The monoisotopic (exact) mass is 417 g/mol. The Kier molecular flexibility index (Phi) is 5.68. The average molecular weight is 417 g/mol. The first-order valence-corrected chi connectivity index (χ1v) is 9.32. The first kappa shape index (κ1) is 20.3. The molecule has 0 spiro atoms. The zero-order valence-electron chi connectivity index (χ0n) is 16.5. The number of aromatic nitrogens is 4. The molecule has 1 fully saturated rings. The Balaban J connectivity index is 1.62. The minimum absolute atomic E-state index is 0.361. The molecule has 3 aromatic rings. The van der Waals surface area contributed by atoms with Crippen LogP contribution in [-0.2, 0) is 11.3 Å². The summed E-state index contributed by atoms with van der Waals surface area (Å²) in [5.74, 6) is 1.81. The van der Waals surface area contributed by atoms with Crippen LogP contribution in [0.5, 0.6) is 11.5 Å². The van der Waals surface area contributed by atoms with Crippen LogP contribution < -0.4 is 14.8 Å². The molecule has 1 aliphatic rings. The number of ether oxygens (including phenoxy) is 3. The van der Waals surface area contributed by atoms with Crippen molar-refractivity contribution in [3.8, 4) is 11.5 Å². The molecule has 1 aliphatic heterocycles. The standard InChI is InChI=1S/C19H23N5O6/c1-28-11-4-3-5-12(29-2)10(11)6-20-17-14-18(22-8-21-17)24(9-23-14)19-16(27)15(26)13(7-25)30-19/h3-5,8-9,13,15-16,19,25-27H,6-7H2,1-2H3,(H,20,21,22)/t13-,15-,16-,19?/m1/s1. The number of aliphatic hydroxyl groups excluding tert-OH is 3. The van der Waals surface area contributed by atoms with Crippen LogP contribution >= 0.6 is 0 Å². The van der Waals surface area contributed by atoms with E-state index in [4.69, 9.17) is 14.2 Å². The van der Waals surface area contributed by atoms with Crippen molar-refractivity contribution >= 4 is 17.0 Å². The summed E-state index contributed by atoms with van der Waals surface area (Å²) in [7, 11) is 3.17. The van der Waals surface area contributed by atoms with Gasteiger partial charge in [0.2, 0.25) is 0 Å². The second-order valence-corrected chi connectivity index (χ2v) is 6.77. The summed E-state index contributed by atoms with van der Waals surface area (Å²) in [6.07, 6.45) is -1.45. The van der Waals surface area contributed by atoms with Gasteiger partial charge in [-0.05, 0) is 12.1 Å². The first-order chi connectivity index (χ1) is 14.6. The number of aliphatic hydroxyl groups is 3. The summed E-state index contributed by atoms with van der Waals surface area (Å²) in [6.45, 7) is -0.0517. The SMILES string of the molecule is COc1cccc(OC)c1CNc1ncnc2c1ncn2C1O[C@H](CO)[C@@H](O)[C@H]1O. The maximum absolute atomic E-state index is 10.3. The highest BCUT2D eigenvalue weighted by molar-refractivity contribution is 5.82. The summed E-state index contributed by atoms with van der Waals surface area (Å²) in [4.78, 5) is 12.9. The van der Waals surface area contributed by atoms with Gasteiger partial charge in [-0.2, -0.15) is 0 Å². The van der Waals surface area contributed by atoms with Crippen LogP contribution in [-0.4, -0.2) is 74.0 Å². The minimum atomic E-state index is -1.23. The lowest BCUT2D eigenvalue weighted by molar-refractivity contribution is -0.0511. The highest BCUT2D eigenvalue weighted by Crippen LogP contribution is 2.33. The smallest absolute Gasteiger partial charge is 0.167 e. The van der Waals surface area contributed by atoms with Crippen LogP contribution in [0.15, 0.2) is 30.9 Å². The van der Waals surface area contributed by atoms with Crippen molar-refractivity contribution in [3.05, 3.63) is 36.4 Å². The van der Waals surface area contributed by atoms with E-state index in [0.717, 1.165) is 5.56 Å². The molecule has 160 valence electrons. The number of rotatable bonds is 7. The molecule has 0 bridgehead atoms. The van der Waals surface area contributed by atoms with E-state index >= 15 is 0 Å². The fourth-order valence-corrected chi connectivity index (χ4v) is 3.55. The number of methoxy groups -OCH3 is 2. The molecule has 4 atom stereocenters. The number of hydrogen-bond acceptors (Lipinski definition) is 10. The Bertz CT molecular complexity index is 1010. The van der Waals surface area contributed by atoms with Crippen molar-refractivity contribution in [2.45, 2.75) is 31.1 Å². The summed E-state index contributed by atoms with van der Waals surface area (Å²) in [5.41, 5.74) is 1.69. The van der Waals surface area contributed by atoms with Crippen LogP contribution in [0.4, 0.5) is 5.82 Å². The van der Waals surface area contributed by atoms with Gasteiger partial charge in [-0.3, -0.25) is 4.57 Å². The van der Waals surface area contributed by atoms with E-state index in [0.29, 0.717) is 35.0 Å². The van der Waals surface area contributed by atoms with Crippen LogP contribution in [0.2, 0.25) is 0 Å². The van der Waals surface area contributed by atoms with Crippen LogP contribution in [0.25, 0.3) is 11.2 Å². The number of hydrogen-bond donors (Lipinski definition) is 4. The van der Waals surface area contributed by atoms with Gasteiger partial charge in [0.05, 0.1) is 32.7 Å². The molecule has 11 nitrogen and oxygen atoms in total. The lowest BCUT2D eigenvalue weighted by atomic mass is 10.1. The number of imidazole rings is 1. The fraction of sp³-hybridized carbons (Fsp3) is 0.421. The van der Waals surface area contributed by atoms with Crippen molar-refractivity contribution in [2.75, 3.05) is 26.1 Å². The van der Waals surface area contributed by atoms with Gasteiger partial charge in [-0.15, -0.1) is 0 Å². The largest absolute Gasteiger partial charge is 0.496 e. The molecule has 1 unspecified atom stereocenters. The summed E-state index contributed by atoms with van der Waals surface area (Å²) in [5, 5.41) is 32.9. The van der Waals surface area contributed by atoms with E-state index in [9.17, 15) is 15.3 Å². The molecule has 4 rings (SSSR count). The lowest BCUT2D eigenvalue weighted by Gasteiger charge is -2.16. The average Bonchev–Trinajstić information content (AvgIpc) is 3.33. The van der Waals surface area contributed by atoms with Crippen LogP contribution in [0.3, 0.4) is 0 Å². The van der Waals surface area contributed by atoms with Crippen LogP contribution in [0, 0.1) is 0 Å². The van der Waals surface area contributed by atoms with Crippen LogP contribution in [0.1, 0.15) is 11.8 Å². The number of nitrogens with one attached hydrogen (secondary N) is 1. The molecule has 0 amide bonds. The number of anilines is 1. The van der Waals surface area contributed by atoms with Gasteiger partial charge in [0.15, 0.2) is 23.2 Å². The maximum Gasteiger partial charge on any atom is 0.167 e. The topological polar surface area (TPSA) is 144 Å². The van der Waals surface area contributed by atoms with Gasteiger partial charge in [0, 0.05) is 6.54 Å². The van der Waals surface area contributed by atoms with E-state index in [1.165, 1.54) is 17.2 Å². The zero-order chi connectivity index (χ0) is 21.3. The molecule has 3 heterocycles. The van der Waals surface area contributed by atoms with Crippen molar-refractivity contribution in [2.24, 2.45) is 0 Å². The number of nitrogens with zero attached hydrogens (tertiary/aromatic N) is 4. The molecule has 30 heavy (non-hydrogen) atoms. The van der Waals surface area contributed by atoms with E-state index in [1.807, 2.05) is 18.2 Å². The van der Waals surface area contributed by atoms with Gasteiger partial charge in [-0.1, -0.05) is 6.07 Å². The van der Waals surface area contributed by atoms with Gasteiger partial charge >= 0.3 is 0 Å². The van der Waals surface area contributed by atoms with Gasteiger partial charge in [0.25, 0.3) is 0 Å². The maximum atomic E-state index is 10.3. The second kappa shape index (κ2) is 8.40. The number of benzene rings is 1. The van der Waals surface area contributed by atoms with Gasteiger partial charge in [0.1, 0.15) is 36.1 Å². The predicted octanol–water partition coefficient (Wildman–Crippen LogP) is 0.0671. The van der Waals surface area contributed by atoms with Crippen molar-refractivity contribution < 1.29 is 29.5 Å². The van der Waals surface area contributed by atoms with Crippen molar-refractivity contribution in [3.63, 3.8) is 0 Å². The molecule has 1 saturated heterocycles. The summed E-state index contributed by atoms with van der Waals surface area (Å²) < 4.78 is 17.9. The second-order valence-electron chi connectivity index (χ2n) is 6.77. The van der Waals surface area contributed by atoms with E-state index < -0.39 is 31.1 Å². The lowest BCUT2D eigenvalue weighted by Crippen LogP contribution is -2.33. The molecule has 0 radical (unpaired) electrons. The Morgan fingerprint density at radius 2 is 1.83 bits per heavy atom. The Hall–Kier alpha value is -2.99. The quantitative estimate of drug-likeness (QED) is 0.417. The summed E-state index contributed by atoms with van der Waals surface area (Å²) >= 11 is 0. The van der Waals surface area contributed by atoms with E-state index in [-0.39, 0.29) is 0 Å². The molecule has 2 aromatic heterocycles. The molecule has 11 heteroatoms. The molecule has 1 aromatic carbocycles. The molecule has 0 aliphatic carbocycles. The molecule has 4 N–H and O–H groups in total. The summed E-state index contributed by atoms with van der Waals surface area (Å²) in [6, 6.07) is 5.52. The Labute approximate surface area is 171 Å². The molecular formula is C19H23N5O6. The highest BCUT2D eigenvalue weighted by Gasteiger charge is 2.44. The normalized spacial score (nSPS) is 23.6. The third-order valence-electron chi connectivity index (χ3n) is 5.11. The Morgan fingerprint density at radius 3 is 2.47 bits per heavy atom. The third-order valence-corrected chi connectivity index (χ3v) is 5.11. The predicted molar refractivity (Wildman–Crippen MR) is 105 cm³/mol. The van der Waals surface area contributed by atoms with E-state index in [2.05, 4.69) is 20.3 Å². The van der Waals surface area contributed by atoms with Crippen molar-refractivity contribution in [1.82, 2.24) is 19.5 Å². The minimum Gasteiger partial charge on any atom is -0.496 e. The highest BCUT2D eigenvalue weighted by atomic mass is 16.6. The first-order valence-electron chi connectivity index (χ1n) is 9.32. The van der Waals surface area contributed by atoms with Gasteiger partial charge in [-0.25, -0.2) is 15.0 Å². The fourth-order valence-electron chi connectivity index (χ4n) is 3.55. The van der Waals surface area contributed by atoms with Gasteiger partial charge < -0.3 is 34.8 Å². The zero-order valence-corrected chi connectivity index (χ0v) is 16.5. The third kappa shape index (κ3) is 3.41. The molecular weight excluding hydrogens is 394 g/mol. The van der Waals surface area contributed by atoms with E-state index in [1.54, 1.807) is 14.2 Å². The Morgan fingerprint density at radius 1 is 1.10 bits per heavy atom. The number of fused-ring (bicyclic) bond motifs is 1. The van der Waals surface area contributed by atoms with Crippen molar-refractivity contribution in [1.29, 1.82) is 0 Å².